The van der Waals surface area contributed by atoms with Crippen LogP contribution in [0.5, 0.6) is 0 Å². The fourth-order valence-electron chi connectivity index (χ4n) is 1.43. The first-order valence-electron chi connectivity index (χ1n) is 5.27. The first kappa shape index (κ1) is 12.6. The number of hydrogen-bond acceptors (Lipinski definition) is 3. The van der Waals surface area contributed by atoms with Gasteiger partial charge in [-0.3, -0.25) is 0 Å². The summed E-state index contributed by atoms with van der Waals surface area (Å²) in [6.45, 7) is 1.73. The molecule has 0 fully saturated rings. The lowest BCUT2D eigenvalue weighted by Gasteiger charge is -2.06. The van der Waals surface area contributed by atoms with Gasteiger partial charge in [-0.1, -0.05) is 0 Å². The summed E-state index contributed by atoms with van der Waals surface area (Å²) < 4.78 is 42.5. The minimum atomic E-state index is -4.34. The molecule has 3 nitrogen and oxygen atoms in total. The summed E-state index contributed by atoms with van der Waals surface area (Å²) >= 11 is 0. The summed E-state index contributed by atoms with van der Waals surface area (Å²) in [6.07, 6.45) is -2.87. The molecule has 2 aromatic rings. The zero-order valence-electron chi connectivity index (χ0n) is 9.53. The maximum atomic E-state index is 12.4. The highest BCUT2D eigenvalue weighted by Gasteiger charge is 2.30. The van der Waals surface area contributed by atoms with Crippen LogP contribution < -0.4 is 5.73 Å². The van der Waals surface area contributed by atoms with Gasteiger partial charge in [0, 0.05) is 5.56 Å². The van der Waals surface area contributed by atoms with E-state index in [1.54, 1.807) is 6.92 Å². The van der Waals surface area contributed by atoms with Crippen molar-refractivity contribution in [3.63, 3.8) is 0 Å². The van der Waals surface area contributed by atoms with Gasteiger partial charge in [0.15, 0.2) is 0 Å². The van der Waals surface area contributed by atoms with E-state index >= 15 is 0 Å². The lowest BCUT2D eigenvalue weighted by atomic mass is 10.1. The Hall–Kier alpha value is -1.82. The van der Waals surface area contributed by atoms with Gasteiger partial charge in [0.1, 0.15) is 5.76 Å². The topological polar surface area (TPSA) is 52.0 Å². The third-order valence-electron chi connectivity index (χ3n) is 2.43. The molecule has 0 aliphatic carbocycles. The maximum Gasteiger partial charge on any atom is 0.416 e. The molecule has 2 N–H and O–H groups in total. The Morgan fingerprint density at radius 3 is 2.28 bits per heavy atom. The van der Waals surface area contributed by atoms with E-state index in [-0.39, 0.29) is 11.9 Å². The van der Waals surface area contributed by atoms with Gasteiger partial charge < -0.3 is 10.2 Å². The van der Waals surface area contributed by atoms with Crippen LogP contribution in [0.3, 0.4) is 0 Å². The molecule has 2 rings (SSSR count). The summed E-state index contributed by atoms with van der Waals surface area (Å²) in [6, 6.07) is 4.32. The van der Waals surface area contributed by atoms with Crippen LogP contribution in [0.1, 0.15) is 24.3 Å². The molecule has 96 valence electrons. The molecule has 0 saturated carbocycles. The van der Waals surface area contributed by atoms with Gasteiger partial charge in [-0.25, -0.2) is 4.98 Å². The molecule has 0 bridgehead atoms. The van der Waals surface area contributed by atoms with E-state index in [0.29, 0.717) is 11.3 Å². The standard InChI is InChI=1S/C12H11F3N2O/c1-7(16)10-6-17-11(18-10)8-2-4-9(5-3-8)12(13,14)15/h2-7H,16H2,1H3. The van der Waals surface area contributed by atoms with Crippen LogP contribution in [0.4, 0.5) is 13.2 Å². The van der Waals surface area contributed by atoms with Crippen LogP contribution in [0, 0.1) is 0 Å². The molecule has 6 heteroatoms. The first-order valence-corrected chi connectivity index (χ1v) is 5.27. The number of benzene rings is 1. The van der Waals surface area contributed by atoms with Crippen LogP contribution in [0.25, 0.3) is 11.5 Å². The molecular formula is C12H11F3N2O. The lowest BCUT2D eigenvalue weighted by Crippen LogP contribution is -2.04. The third-order valence-corrected chi connectivity index (χ3v) is 2.43. The second-order valence-corrected chi connectivity index (χ2v) is 3.93. The molecule has 1 aromatic heterocycles. The van der Waals surface area contributed by atoms with E-state index in [1.165, 1.54) is 18.3 Å². The minimum absolute atomic E-state index is 0.260. The van der Waals surface area contributed by atoms with E-state index in [2.05, 4.69) is 4.98 Å². The normalized spacial score (nSPS) is 13.6. The molecule has 1 aromatic carbocycles. The molecule has 0 saturated heterocycles. The smallest absolute Gasteiger partial charge is 0.416 e. The Bertz CT molecular complexity index is 529. The quantitative estimate of drug-likeness (QED) is 0.896. The molecule has 0 aliphatic heterocycles. The predicted molar refractivity (Wildman–Crippen MR) is 59.5 cm³/mol. The van der Waals surface area contributed by atoms with Gasteiger partial charge in [-0.2, -0.15) is 13.2 Å². The number of alkyl halides is 3. The molecule has 0 aliphatic rings. The Kier molecular flexibility index (Phi) is 3.13. The van der Waals surface area contributed by atoms with Crippen molar-refractivity contribution in [1.29, 1.82) is 0 Å². The average molecular weight is 256 g/mol. The number of oxazole rings is 1. The Labute approximate surface area is 101 Å². The maximum absolute atomic E-state index is 12.4. The molecule has 18 heavy (non-hydrogen) atoms. The summed E-state index contributed by atoms with van der Waals surface area (Å²) in [5, 5.41) is 0. The average Bonchev–Trinajstić information content (AvgIpc) is 2.77. The second kappa shape index (κ2) is 4.45. The number of nitrogens with zero attached hydrogens (tertiary/aromatic N) is 1. The Balaban J connectivity index is 2.29. The number of halogens is 3. The van der Waals surface area contributed by atoms with Gasteiger partial charge in [0.05, 0.1) is 17.8 Å². The minimum Gasteiger partial charge on any atom is -0.440 e. The van der Waals surface area contributed by atoms with Crippen LogP contribution >= 0.6 is 0 Å². The van der Waals surface area contributed by atoms with Crippen molar-refractivity contribution in [2.24, 2.45) is 5.73 Å². The van der Waals surface area contributed by atoms with E-state index < -0.39 is 11.7 Å². The van der Waals surface area contributed by atoms with Gasteiger partial charge in [0.2, 0.25) is 5.89 Å². The first-order chi connectivity index (χ1) is 8.38. The number of rotatable bonds is 2. The van der Waals surface area contributed by atoms with Crippen molar-refractivity contribution in [1.82, 2.24) is 4.98 Å². The molecule has 1 heterocycles. The van der Waals surface area contributed by atoms with E-state index in [4.69, 9.17) is 10.2 Å². The van der Waals surface area contributed by atoms with Gasteiger partial charge in [0.25, 0.3) is 0 Å². The fourth-order valence-corrected chi connectivity index (χ4v) is 1.43. The largest absolute Gasteiger partial charge is 0.440 e. The van der Waals surface area contributed by atoms with Crippen molar-refractivity contribution in [2.75, 3.05) is 0 Å². The van der Waals surface area contributed by atoms with Crippen molar-refractivity contribution < 1.29 is 17.6 Å². The van der Waals surface area contributed by atoms with Gasteiger partial charge >= 0.3 is 6.18 Å². The van der Waals surface area contributed by atoms with Crippen molar-refractivity contribution >= 4 is 0 Å². The summed E-state index contributed by atoms with van der Waals surface area (Å²) in [7, 11) is 0. The molecule has 0 radical (unpaired) electrons. The highest BCUT2D eigenvalue weighted by Crippen LogP contribution is 2.31. The van der Waals surface area contributed by atoms with Crippen molar-refractivity contribution in [3.8, 4) is 11.5 Å². The Morgan fingerprint density at radius 2 is 1.83 bits per heavy atom. The summed E-state index contributed by atoms with van der Waals surface area (Å²) in [5.74, 6) is 0.751. The monoisotopic (exact) mass is 256 g/mol. The van der Waals surface area contributed by atoms with E-state index in [1.807, 2.05) is 0 Å². The fraction of sp³-hybridized carbons (Fsp3) is 0.250. The molecule has 1 unspecified atom stereocenters. The highest BCUT2D eigenvalue weighted by molar-refractivity contribution is 5.53. The zero-order chi connectivity index (χ0) is 13.3. The highest BCUT2D eigenvalue weighted by atomic mass is 19.4. The third kappa shape index (κ3) is 2.53. The SMILES string of the molecule is CC(N)c1cnc(-c2ccc(C(F)(F)F)cc2)o1. The zero-order valence-corrected chi connectivity index (χ0v) is 9.53. The molecular weight excluding hydrogens is 245 g/mol. The Morgan fingerprint density at radius 1 is 1.22 bits per heavy atom. The van der Waals surface area contributed by atoms with Crippen LogP contribution in [-0.2, 0) is 6.18 Å². The van der Waals surface area contributed by atoms with Crippen molar-refractivity contribution in [3.05, 3.63) is 41.8 Å². The molecule has 1 atom stereocenters. The van der Waals surface area contributed by atoms with Crippen LogP contribution in [0.15, 0.2) is 34.9 Å². The van der Waals surface area contributed by atoms with Crippen LogP contribution in [0.2, 0.25) is 0 Å². The number of aromatic nitrogens is 1. The van der Waals surface area contributed by atoms with Gasteiger partial charge in [-0.05, 0) is 31.2 Å². The van der Waals surface area contributed by atoms with Gasteiger partial charge in [-0.15, -0.1) is 0 Å². The second-order valence-electron chi connectivity index (χ2n) is 3.93. The van der Waals surface area contributed by atoms with Crippen LogP contribution in [-0.4, -0.2) is 4.98 Å². The summed E-state index contributed by atoms with van der Waals surface area (Å²) in [4.78, 5) is 3.97. The van der Waals surface area contributed by atoms with E-state index in [9.17, 15) is 13.2 Å². The lowest BCUT2D eigenvalue weighted by molar-refractivity contribution is -0.137. The summed E-state index contributed by atoms with van der Waals surface area (Å²) in [5.41, 5.74) is 5.38. The number of nitrogens with two attached hydrogens (primary N) is 1. The number of hydrogen-bond donors (Lipinski definition) is 1. The van der Waals surface area contributed by atoms with E-state index in [0.717, 1.165) is 12.1 Å². The predicted octanol–water partition coefficient (Wildman–Crippen LogP) is 3.38. The molecule has 0 spiro atoms. The molecule has 0 amide bonds. The van der Waals surface area contributed by atoms with Crippen molar-refractivity contribution in [2.45, 2.75) is 19.1 Å².